The lowest BCUT2D eigenvalue weighted by atomic mass is 9.99. The van der Waals surface area contributed by atoms with E-state index in [0.717, 1.165) is 55.2 Å². The van der Waals surface area contributed by atoms with Gasteiger partial charge in [0.05, 0.1) is 14.2 Å². The molecule has 5 heteroatoms. The van der Waals surface area contributed by atoms with E-state index < -0.39 is 0 Å². The summed E-state index contributed by atoms with van der Waals surface area (Å²) < 4.78 is 10.8. The van der Waals surface area contributed by atoms with Crippen LogP contribution in [0.4, 0.5) is 5.69 Å². The minimum absolute atomic E-state index is 0.0366. The molecule has 1 aliphatic rings. The normalized spacial score (nSPS) is 14.6. The number of likely N-dealkylation sites (tertiary alicyclic amines) is 1. The van der Waals surface area contributed by atoms with Gasteiger partial charge in [0.1, 0.15) is 11.5 Å². The molecule has 33 heavy (non-hydrogen) atoms. The van der Waals surface area contributed by atoms with E-state index in [1.807, 2.05) is 72.5 Å². The van der Waals surface area contributed by atoms with E-state index in [4.69, 9.17) is 9.47 Å². The lowest BCUT2D eigenvalue weighted by molar-refractivity contribution is 0.0958. The van der Waals surface area contributed by atoms with Crippen LogP contribution in [0.25, 0.3) is 0 Å². The number of hydrogen-bond donors (Lipinski definition) is 0. The van der Waals surface area contributed by atoms with Crippen LogP contribution in [0, 0.1) is 6.92 Å². The molecule has 1 aliphatic heterocycles. The SMILES string of the molecule is COc1cccc(CN2CCC(N(C(=O)c3ccc(C)cc3)c3cccc(OC)c3)CC2)c1. The van der Waals surface area contributed by atoms with Crippen molar-refractivity contribution in [2.45, 2.75) is 32.4 Å². The number of hydrogen-bond acceptors (Lipinski definition) is 4. The average molecular weight is 445 g/mol. The Labute approximate surface area is 196 Å². The first-order valence-corrected chi connectivity index (χ1v) is 11.5. The number of benzene rings is 3. The van der Waals surface area contributed by atoms with Crippen molar-refractivity contribution in [3.63, 3.8) is 0 Å². The van der Waals surface area contributed by atoms with E-state index >= 15 is 0 Å². The molecule has 0 aromatic heterocycles. The summed E-state index contributed by atoms with van der Waals surface area (Å²) in [5.74, 6) is 1.68. The van der Waals surface area contributed by atoms with Gasteiger partial charge < -0.3 is 14.4 Å². The predicted molar refractivity (Wildman–Crippen MR) is 132 cm³/mol. The molecule has 1 saturated heterocycles. The van der Waals surface area contributed by atoms with Gasteiger partial charge in [-0.2, -0.15) is 0 Å². The Balaban J connectivity index is 1.52. The van der Waals surface area contributed by atoms with E-state index in [1.165, 1.54) is 5.56 Å². The van der Waals surface area contributed by atoms with E-state index in [-0.39, 0.29) is 11.9 Å². The predicted octanol–water partition coefficient (Wildman–Crippen LogP) is 5.32. The zero-order chi connectivity index (χ0) is 23.2. The molecule has 1 heterocycles. The summed E-state index contributed by atoms with van der Waals surface area (Å²) in [4.78, 5) is 18.1. The van der Waals surface area contributed by atoms with Gasteiger partial charge in [-0.3, -0.25) is 9.69 Å². The highest BCUT2D eigenvalue weighted by atomic mass is 16.5. The molecule has 0 bridgehead atoms. The summed E-state index contributed by atoms with van der Waals surface area (Å²) in [6.07, 6.45) is 1.83. The lowest BCUT2D eigenvalue weighted by Crippen LogP contribution is -2.47. The topological polar surface area (TPSA) is 42.0 Å². The molecule has 0 saturated carbocycles. The maximum absolute atomic E-state index is 13.7. The van der Waals surface area contributed by atoms with Crippen LogP contribution in [0.3, 0.4) is 0 Å². The van der Waals surface area contributed by atoms with Crippen molar-refractivity contribution in [1.82, 2.24) is 4.90 Å². The van der Waals surface area contributed by atoms with Gasteiger partial charge in [0.25, 0.3) is 5.91 Å². The Morgan fingerprint density at radius 2 is 1.55 bits per heavy atom. The number of ether oxygens (including phenoxy) is 2. The number of piperidine rings is 1. The minimum Gasteiger partial charge on any atom is -0.497 e. The van der Waals surface area contributed by atoms with E-state index in [9.17, 15) is 4.79 Å². The Bertz CT molecular complexity index is 1070. The van der Waals surface area contributed by atoms with Crippen molar-refractivity contribution in [1.29, 1.82) is 0 Å². The summed E-state index contributed by atoms with van der Waals surface area (Å²) in [6.45, 7) is 4.79. The highest BCUT2D eigenvalue weighted by molar-refractivity contribution is 6.06. The zero-order valence-electron chi connectivity index (χ0n) is 19.7. The number of methoxy groups -OCH3 is 2. The second-order valence-corrected chi connectivity index (χ2v) is 8.60. The van der Waals surface area contributed by atoms with Gasteiger partial charge in [-0.05, 0) is 61.7 Å². The summed E-state index contributed by atoms with van der Waals surface area (Å²) in [7, 11) is 3.35. The number of anilines is 1. The van der Waals surface area contributed by atoms with Gasteiger partial charge in [-0.1, -0.05) is 35.9 Å². The summed E-state index contributed by atoms with van der Waals surface area (Å²) >= 11 is 0. The standard InChI is InChI=1S/C28H32N2O3/c1-21-10-12-23(13-11-21)28(31)30(25-7-5-9-27(19-25)33-3)24-14-16-29(17-15-24)20-22-6-4-8-26(18-22)32-2/h4-13,18-19,24H,14-17,20H2,1-3H3. The Morgan fingerprint density at radius 3 is 2.21 bits per heavy atom. The first-order chi connectivity index (χ1) is 16.1. The van der Waals surface area contributed by atoms with Crippen molar-refractivity contribution in [2.24, 2.45) is 0 Å². The van der Waals surface area contributed by atoms with Crippen molar-refractivity contribution in [2.75, 3.05) is 32.2 Å². The van der Waals surface area contributed by atoms with Gasteiger partial charge in [0, 0.05) is 43.0 Å². The van der Waals surface area contributed by atoms with Gasteiger partial charge >= 0.3 is 0 Å². The number of rotatable bonds is 7. The van der Waals surface area contributed by atoms with Crippen molar-refractivity contribution in [3.05, 3.63) is 89.5 Å². The third kappa shape index (κ3) is 5.55. The van der Waals surface area contributed by atoms with Crippen LogP contribution in [0.15, 0.2) is 72.8 Å². The molecular formula is C28H32N2O3. The molecule has 0 aliphatic carbocycles. The van der Waals surface area contributed by atoms with Crippen LogP contribution in [-0.4, -0.2) is 44.2 Å². The maximum Gasteiger partial charge on any atom is 0.258 e. The summed E-state index contributed by atoms with van der Waals surface area (Å²) in [6, 6.07) is 24.0. The van der Waals surface area contributed by atoms with Crippen molar-refractivity contribution < 1.29 is 14.3 Å². The number of nitrogens with zero attached hydrogens (tertiary/aromatic N) is 2. The van der Waals surface area contributed by atoms with E-state index in [0.29, 0.717) is 5.56 Å². The molecule has 0 N–H and O–H groups in total. The first-order valence-electron chi connectivity index (χ1n) is 11.5. The number of carbonyl (C=O) groups is 1. The van der Waals surface area contributed by atoms with Crippen LogP contribution >= 0.6 is 0 Å². The molecule has 1 amide bonds. The van der Waals surface area contributed by atoms with Crippen molar-refractivity contribution in [3.8, 4) is 11.5 Å². The third-order valence-electron chi connectivity index (χ3n) is 6.31. The molecule has 0 spiro atoms. The van der Waals surface area contributed by atoms with Gasteiger partial charge in [0.2, 0.25) is 0 Å². The zero-order valence-corrected chi connectivity index (χ0v) is 19.7. The van der Waals surface area contributed by atoms with E-state index in [2.05, 4.69) is 17.0 Å². The molecule has 172 valence electrons. The number of carbonyl (C=O) groups excluding carboxylic acids is 1. The maximum atomic E-state index is 13.7. The van der Waals surface area contributed by atoms with Crippen LogP contribution in [0.5, 0.6) is 11.5 Å². The fraction of sp³-hybridized carbons (Fsp3) is 0.321. The van der Waals surface area contributed by atoms with Crippen molar-refractivity contribution >= 4 is 11.6 Å². The largest absolute Gasteiger partial charge is 0.497 e. The van der Waals surface area contributed by atoms with Crippen LogP contribution in [-0.2, 0) is 6.54 Å². The third-order valence-corrected chi connectivity index (χ3v) is 6.31. The van der Waals surface area contributed by atoms with Gasteiger partial charge in [0.15, 0.2) is 0 Å². The molecular weight excluding hydrogens is 412 g/mol. The molecule has 0 atom stereocenters. The second-order valence-electron chi connectivity index (χ2n) is 8.60. The fourth-order valence-corrected chi connectivity index (χ4v) is 4.45. The Hall–Kier alpha value is -3.31. The first kappa shape index (κ1) is 22.9. The Morgan fingerprint density at radius 1 is 0.909 bits per heavy atom. The monoisotopic (exact) mass is 444 g/mol. The Kier molecular flexibility index (Phi) is 7.30. The molecule has 3 aromatic rings. The quantitative estimate of drug-likeness (QED) is 0.494. The molecule has 4 rings (SSSR count). The van der Waals surface area contributed by atoms with Crippen LogP contribution < -0.4 is 14.4 Å². The van der Waals surface area contributed by atoms with E-state index in [1.54, 1.807) is 14.2 Å². The molecule has 5 nitrogen and oxygen atoms in total. The fourth-order valence-electron chi connectivity index (χ4n) is 4.45. The molecule has 0 radical (unpaired) electrons. The lowest BCUT2D eigenvalue weighted by Gasteiger charge is -2.39. The average Bonchev–Trinajstić information content (AvgIpc) is 2.86. The number of aryl methyl sites for hydroxylation is 1. The van der Waals surface area contributed by atoms with Gasteiger partial charge in [-0.25, -0.2) is 0 Å². The second kappa shape index (κ2) is 10.5. The highest BCUT2D eigenvalue weighted by Crippen LogP contribution is 2.29. The smallest absolute Gasteiger partial charge is 0.258 e. The number of amides is 1. The molecule has 0 unspecified atom stereocenters. The molecule has 3 aromatic carbocycles. The van der Waals surface area contributed by atoms with Crippen LogP contribution in [0.2, 0.25) is 0 Å². The molecule has 1 fully saturated rings. The summed E-state index contributed by atoms with van der Waals surface area (Å²) in [5, 5.41) is 0. The highest BCUT2D eigenvalue weighted by Gasteiger charge is 2.30. The van der Waals surface area contributed by atoms with Crippen LogP contribution in [0.1, 0.15) is 34.3 Å². The summed E-state index contributed by atoms with van der Waals surface area (Å²) in [5.41, 5.74) is 3.98. The van der Waals surface area contributed by atoms with Gasteiger partial charge in [-0.15, -0.1) is 0 Å². The minimum atomic E-state index is 0.0366.